The molecule has 1 N–H and O–H groups in total. The van der Waals surface area contributed by atoms with Crippen molar-refractivity contribution in [1.29, 1.82) is 0 Å². The Morgan fingerprint density at radius 2 is 1.57 bits per heavy atom. The molecule has 0 atom stereocenters. The third-order valence-electron chi connectivity index (χ3n) is 3.25. The van der Waals surface area contributed by atoms with Gasteiger partial charge in [0.1, 0.15) is 5.69 Å². The van der Waals surface area contributed by atoms with E-state index < -0.39 is 10.1 Å². The highest BCUT2D eigenvalue weighted by Crippen LogP contribution is 2.34. The highest BCUT2D eigenvalue weighted by atomic mass is 35.5. The van der Waals surface area contributed by atoms with Crippen LogP contribution in [-0.2, 0) is 10.1 Å². The van der Waals surface area contributed by atoms with E-state index in [-0.39, 0.29) is 4.90 Å². The molecule has 116 valence electrons. The summed E-state index contributed by atoms with van der Waals surface area (Å²) in [6, 6.07) is 16.7. The van der Waals surface area contributed by atoms with Crippen LogP contribution in [0.4, 0.5) is 11.4 Å². The topological polar surface area (TPSA) is 79.1 Å². The maximum Gasteiger partial charge on any atom is 0.294 e. The molecule has 0 spiro atoms. The molecule has 0 saturated heterocycles. The summed E-state index contributed by atoms with van der Waals surface area (Å²) in [6.45, 7) is 0. The quantitative estimate of drug-likeness (QED) is 0.525. The van der Waals surface area contributed by atoms with E-state index in [0.717, 1.165) is 10.8 Å². The second-order valence-electron chi connectivity index (χ2n) is 4.79. The van der Waals surface area contributed by atoms with Gasteiger partial charge in [0.25, 0.3) is 10.1 Å². The first-order valence-electron chi connectivity index (χ1n) is 6.62. The van der Waals surface area contributed by atoms with Crippen molar-refractivity contribution in [2.75, 3.05) is 0 Å². The van der Waals surface area contributed by atoms with E-state index in [1.54, 1.807) is 6.07 Å². The van der Waals surface area contributed by atoms with Crippen LogP contribution in [0, 0.1) is 0 Å². The molecule has 0 radical (unpaired) electrons. The average molecular weight is 347 g/mol. The number of nitrogens with zero attached hydrogens (tertiary/aromatic N) is 2. The Morgan fingerprint density at radius 1 is 0.870 bits per heavy atom. The number of hydrogen-bond acceptors (Lipinski definition) is 4. The standard InChI is InChI=1S/C16H11ClN2O3S/c17-15-10-5-11-3-1-2-4-14(11)16(15)19-18-12-6-8-13(9-7-12)23(20,21)22/h1-10H,(H,20,21,22). The lowest BCUT2D eigenvalue weighted by atomic mass is 10.1. The van der Waals surface area contributed by atoms with E-state index in [0.29, 0.717) is 16.4 Å². The van der Waals surface area contributed by atoms with Crippen LogP contribution in [0.3, 0.4) is 0 Å². The first-order valence-corrected chi connectivity index (χ1v) is 8.43. The van der Waals surface area contributed by atoms with Crippen LogP contribution in [0.1, 0.15) is 0 Å². The minimum Gasteiger partial charge on any atom is -0.282 e. The number of halogens is 1. The number of benzene rings is 3. The van der Waals surface area contributed by atoms with Crippen LogP contribution in [0.25, 0.3) is 10.8 Å². The number of rotatable bonds is 3. The predicted octanol–water partition coefficient (Wildman–Crippen LogP) is 5.16. The van der Waals surface area contributed by atoms with Gasteiger partial charge in [0.2, 0.25) is 0 Å². The molecule has 3 rings (SSSR count). The zero-order valence-corrected chi connectivity index (χ0v) is 13.3. The van der Waals surface area contributed by atoms with Crippen molar-refractivity contribution in [3.8, 4) is 0 Å². The Kier molecular flexibility index (Phi) is 4.12. The first kappa shape index (κ1) is 15.6. The normalized spacial score (nSPS) is 12.1. The number of hydrogen-bond donors (Lipinski definition) is 1. The third-order valence-corrected chi connectivity index (χ3v) is 4.42. The molecule has 7 heteroatoms. The Hall–Kier alpha value is -2.28. The summed E-state index contributed by atoms with van der Waals surface area (Å²) in [4.78, 5) is -0.195. The fraction of sp³-hybridized carbons (Fsp3) is 0. The highest BCUT2D eigenvalue weighted by Gasteiger charge is 2.08. The number of fused-ring (bicyclic) bond motifs is 1. The molecule has 5 nitrogen and oxygen atoms in total. The lowest BCUT2D eigenvalue weighted by molar-refractivity contribution is 0.483. The fourth-order valence-corrected chi connectivity index (χ4v) is 2.81. The first-order chi connectivity index (χ1) is 10.9. The highest BCUT2D eigenvalue weighted by molar-refractivity contribution is 7.85. The molecule has 3 aromatic carbocycles. The monoisotopic (exact) mass is 346 g/mol. The molecule has 0 saturated carbocycles. The van der Waals surface area contributed by atoms with Gasteiger partial charge in [0, 0.05) is 5.39 Å². The molecule has 0 amide bonds. The van der Waals surface area contributed by atoms with Gasteiger partial charge in [-0.05, 0) is 35.7 Å². The molecule has 0 aromatic heterocycles. The average Bonchev–Trinajstić information content (AvgIpc) is 2.53. The van der Waals surface area contributed by atoms with Crippen molar-refractivity contribution in [1.82, 2.24) is 0 Å². The summed E-state index contributed by atoms with van der Waals surface area (Å²) in [7, 11) is -4.22. The summed E-state index contributed by atoms with van der Waals surface area (Å²) in [5.74, 6) is 0. The lowest BCUT2D eigenvalue weighted by Crippen LogP contribution is -1.96. The van der Waals surface area contributed by atoms with Crippen molar-refractivity contribution in [2.45, 2.75) is 4.90 Å². The van der Waals surface area contributed by atoms with E-state index in [9.17, 15) is 8.42 Å². The van der Waals surface area contributed by atoms with Crippen molar-refractivity contribution < 1.29 is 13.0 Å². The SMILES string of the molecule is O=S(=O)(O)c1ccc(N=Nc2c(Cl)ccc3ccccc23)cc1. The molecule has 23 heavy (non-hydrogen) atoms. The van der Waals surface area contributed by atoms with Crippen molar-refractivity contribution >= 4 is 43.9 Å². The smallest absolute Gasteiger partial charge is 0.282 e. The zero-order valence-electron chi connectivity index (χ0n) is 11.7. The van der Waals surface area contributed by atoms with Crippen LogP contribution in [0.5, 0.6) is 0 Å². The predicted molar refractivity (Wildman–Crippen MR) is 89.4 cm³/mol. The molecule has 0 aliphatic carbocycles. The van der Waals surface area contributed by atoms with Crippen LogP contribution in [0.2, 0.25) is 5.02 Å². The molecule has 0 unspecified atom stereocenters. The maximum absolute atomic E-state index is 11.0. The summed E-state index contributed by atoms with van der Waals surface area (Å²) < 4.78 is 30.9. The van der Waals surface area contributed by atoms with E-state index in [1.807, 2.05) is 30.3 Å². The van der Waals surface area contributed by atoms with Gasteiger partial charge in [-0.25, -0.2) is 0 Å². The van der Waals surface area contributed by atoms with Crippen molar-refractivity contribution in [2.24, 2.45) is 10.2 Å². The molecule has 0 aliphatic rings. The third kappa shape index (κ3) is 3.39. The van der Waals surface area contributed by atoms with Gasteiger partial charge in [0.05, 0.1) is 15.6 Å². The molecular formula is C16H11ClN2O3S. The zero-order chi connectivity index (χ0) is 16.4. The van der Waals surface area contributed by atoms with Crippen LogP contribution >= 0.6 is 11.6 Å². The van der Waals surface area contributed by atoms with Crippen LogP contribution < -0.4 is 0 Å². The van der Waals surface area contributed by atoms with Gasteiger partial charge in [0.15, 0.2) is 0 Å². The fourth-order valence-electron chi connectivity index (χ4n) is 2.12. The molecule has 0 bridgehead atoms. The maximum atomic E-state index is 11.0. The van der Waals surface area contributed by atoms with Gasteiger partial charge in [-0.15, -0.1) is 5.11 Å². The van der Waals surface area contributed by atoms with E-state index in [4.69, 9.17) is 16.2 Å². The Labute approximate surface area is 138 Å². The van der Waals surface area contributed by atoms with Gasteiger partial charge in [-0.2, -0.15) is 13.5 Å². The molecular weight excluding hydrogens is 336 g/mol. The largest absolute Gasteiger partial charge is 0.294 e. The number of azo groups is 1. The second-order valence-corrected chi connectivity index (χ2v) is 6.61. The van der Waals surface area contributed by atoms with E-state index in [1.165, 1.54) is 24.3 Å². The summed E-state index contributed by atoms with van der Waals surface area (Å²) in [6.07, 6.45) is 0. The van der Waals surface area contributed by atoms with Crippen molar-refractivity contribution in [3.63, 3.8) is 0 Å². The minimum atomic E-state index is -4.22. The second kappa shape index (κ2) is 6.08. The van der Waals surface area contributed by atoms with Crippen LogP contribution in [0.15, 0.2) is 75.8 Å². The van der Waals surface area contributed by atoms with E-state index in [2.05, 4.69) is 10.2 Å². The molecule has 0 fully saturated rings. The van der Waals surface area contributed by atoms with Gasteiger partial charge in [-0.3, -0.25) is 4.55 Å². The van der Waals surface area contributed by atoms with Gasteiger partial charge < -0.3 is 0 Å². The van der Waals surface area contributed by atoms with Crippen LogP contribution in [-0.4, -0.2) is 13.0 Å². The summed E-state index contributed by atoms with van der Waals surface area (Å²) in [5, 5.41) is 10.6. The Bertz CT molecular complexity index is 1000. The lowest BCUT2D eigenvalue weighted by Gasteiger charge is -2.03. The Balaban J connectivity index is 1.99. The van der Waals surface area contributed by atoms with Gasteiger partial charge >= 0.3 is 0 Å². The van der Waals surface area contributed by atoms with Crippen molar-refractivity contribution in [3.05, 3.63) is 65.7 Å². The molecule has 3 aromatic rings. The minimum absolute atomic E-state index is 0.195. The van der Waals surface area contributed by atoms with E-state index >= 15 is 0 Å². The summed E-state index contributed by atoms with van der Waals surface area (Å²) in [5.41, 5.74) is 0.991. The Morgan fingerprint density at radius 3 is 2.26 bits per heavy atom. The molecule has 0 aliphatic heterocycles. The summed E-state index contributed by atoms with van der Waals surface area (Å²) >= 11 is 6.19. The van der Waals surface area contributed by atoms with Gasteiger partial charge in [-0.1, -0.05) is 41.9 Å². The molecule has 0 heterocycles.